The largest absolute Gasteiger partial charge is 0.461 e. The van der Waals surface area contributed by atoms with E-state index in [1.54, 1.807) is 0 Å². The molecule has 3 rings (SSSR count). The van der Waals surface area contributed by atoms with Crippen molar-refractivity contribution in [3.8, 4) is 0 Å². The summed E-state index contributed by atoms with van der Waals surface area (Å²) in [5.74, 6) is -0.287. The van der Waals surface area contributed by atoms with Gasteiger partial charge in [-0.2, -0.15) is 0 Å². The molecule has 1 saturated carbocycles. The average molecular weight is 254 g/mol. The van der Waals surface area contributed by atoms with Gasteiger partial charge in [-0.05, 0) is 23.3 Å². The van der Waals surface area contributed by atoms with Gasteiger partial charge >= 0.3 is 5.97 Å². The molecule has 2 fully saturated rings. The Morgan fingerprint density at radius 2 is 2.44 bits per heavy atom. The highest BCUT2D eigenvalue weighted by molar-refractivity contribution is 5.81. The summed E-state index contributed by atoms with van der Waals surface area (Å²) in [6, 6.07) is 0. The molecular formula is C10H14N4O4. The van der Waals surface area contributed by atoms with Crippen molar-refractivity contribution in [2.45, 2.75) is 30.9 Å². The summed E-state index contributed by atoms with van der Waals surface area (Å²) in [7, 11) is 0. The fourth-order valence-corrected chi connectivity index (χ4v) is 1.94. The van der Waals surface area contributed by atoms with Gasteiger partial charge in [-0.25, -0.2) is 9.48 Å². The Bertz CT molecular complexity index is 412. The Morgan fingerprint density at radius 3 is 3.06 bits per heavy atom. The highest BCUT2D eigenvalue weighted by atomic mass is 16.7. The first kappa shape index (κ1) is 11.5. The van der Waals surface area contributed by atoms with Crippen LogP contribution in [0.15, 0.2) is 6.33 Å². The van der Waals surface area contributed by atoms with Gasteiger partial charge in [-0.3, -0.25) is 0 Å². The third-order valence-electron chi connectivity index (χ3n) is 3.26. The van der Waals surface area contributed by atoms with Crippen molar-refractivity contribution in [1.29, 1.82) is 0 Å². The van der Waals surface area contributed by atoms with Crippen molar-refractivity contribution in [3.63, 3.8) is 0 Å². The van der Waals surface area contributed by atoms with Crippen LogP contribution in [0.1, 0.15) is 19.3 Å². The highest BCUT2D eigenvalue weighted by Crippen LogP contribution is 2.43. The number of ether oxygens (including phenoxy) is 3. The molecule has 2 aliphatic rings. The lowest BCUT2D eigenvalue weighted by Gasteiger charge is -2.23. The number of aromatic nitrogens is 4. The molecule has 1 aromatic heterocycles. The third kappa shape index (κ3) is 2.08. The molecule has 0 amide bonds. The first-order valence-corrected chi connectivity index (χ1v) is 5.91. The van der Waals surface area contributed by atoms with E-state index >= 15 is 0 Å². The molecule has 0 bridgehead atoms. The predicted molar refractivity (Wildman–Crippen MR) is 56.3 cm³/mol. The van der Waals surface area contributed by atoms with Gasteiger partial charge < -0.3 is 14.2 Å². The highest BCUT2D eigenvalue weighted by Gasteiger charge is 2.54. The molecule has 0 N–H and O–H groups in total. The second kappa shape index (κ2) is 4.62. The van der Waals surface area contributed by atoms with Crippen LogP contribution in [-0.2, 0) is 24.5 Å². The zero-order chi connectivity index (χ0) is 12.4. The van der Waals surface area contributed by atoms with Crippen molar-refractivity contribution in [2.24, 2.45) is 0 Å². The number of rotatable bonds is 4. The van der Waals surface area contributed by atoms with Gasteiger partial charge in [0.1, 0.15) is 19.7 Å². The summed E-state index contributed by atoms with van der Waals surface area (Å²) in [6.45, 7) is 1.16. The number of carbonyl (C=O) groups is 1. The maximum absolute atomic E-state index is 12.0. The van der Waals surface area contributed by atoms with E-state index in [1.807, 2.05) is 0 Å². The van der Waals surface area contributed by atoms with Crippen LogP contribution in [0.3, 0.4) is 0 Å². The molecule has 1 atom stereocenters. The van der Waals surface area contributed by atoms with Gasteiger partial charge in [0.2, 0.25) is 0 Å². The Kier molecular flexibility index (Phi) is 2.96. The lowest BCUT2D eigenvalue weighted by Crippen LogP contribution is -2.35. The van der Waals surface area contributed by atoms with E-state index in [9.17, 15) is 4.79 Å². The normalized spacial score (nSPS) is 25.7. The standard InChI is InChI=1S/C10H14N4O4/c15-9(17-5-8-1-4-16-7-18-8)10(2-3-10)14-6-11-12-13-14/h6,8H,1-5,7H2. The summed E-state index contributed by atoms with van der Waals surface area (Å²) >= 11 is 0. The van der Waals surface area contributed by atoms with Gasteiger partial charge in [0.05, 0.1) is 12.7 Å². The second-order valence-corrected chi connectivity index (χ2v) is 4.49. The van der Waals surface area contributed by atoms with Gasteiger partial charge in [-0.1, -0.05) is 0 Å². The minimum absolute atomic E-state index is 0.0765. The molecule has 98 valence electrons. The topological polar surface area (TPSA) is 88.4 Å². The maximum Gasteiger partial charge on any atom is 0.334 e. The van der Waals surface area contributed by atoms with E-state index in [2.05, 4.69) is 15.5 Å². The number of tetrazole rings is 1. The number of carbonyl (C=O) groups excluding carboxylic acids is 1. The number of esters is 1. The van der Waals surface area contributed by atoms with E-state index in [0.29, 0.717) is 19.4 Å². The first-order chi connectivity index (χ1) is 8.81. The van der Waals surface area contributed by atoms with E-state index in [1.165, 1.54) is 11.0 Å². The fourth-order valence-electron chi connectivity index (χ4n) is 1.94. The zero-order valence-corrected chi connectivity index (χ0v) is 9.82. The Hall–Kier alpha value is -1.54. The Labute approximate surface area is 103 Å². The van der Waals surface area contributed by atoms with Gasteiger partial charge in [0, 0.05) is 6.42 Å². The molecule has 1 aromatic rings. The average Bonchev–Trinajstić information content (AvgIpc) is 3.05. The molecule has 2 heterocycles. The third-order valence-corrected chi connectivity index (χ3v) is 3.26. The monoisotopic (exact) mass is 254 g/mol. The summed E-state index contributed by atoms with van der Waals surface area (Å²) in [6.07, 6.45) is 3.54. The van der Waals surface area contributed by atoms with Crippen molar-refractivity contribution in [1.82, 2.24) is 20.2 Å². The van der Waals surface area contributed by atoms with E-state index in [4.69, 9.17) is 14.2 Å². The summed E-state index contributed by atoms with van der Waals surface area (Å²) < 4.78 is 17.1. The zero-order valence-electron chi connectivity index (χ0n) is 9.82. The van der Waals surface area contributed by atoms with E-state index in [-0.39, 0.29) is 25.5 Å². The van der Waals surface area contributed by atoms with Crippen LogP contribution in [0.2, 0.25) is 0 Å². The quantitative estimate of drug-likeness (QED) is 0.667. The predicted octanol–water partition coefficient (Wildman–Crippen LogP) is -0.532. The molecule has 1 aliphatic carbocycles. The van der Waals surface area contributed by atoms with Crippen molar-refractivity contribution in [2.75, 3.05) is 20.0 Å². The Balaban J connectivity index is 1.55. The maximum atomic E-state index is 12.0. The van der Waals surface area contributed by atoms with Gasteiger partial charge in [0.25, 0.3) is 0 Å². The van der Waals surface area contributed by atoms with E-state index < -0.39 is 5.54 Å². The van der Waals surface area contributed by atoms with Crippen molar-refractivity contribution >= 4 is 5.97 Å². The van der Waals surface area contributed by atoms with E-state index in [0.717, 1.165) is 6.42 Å². The summed E-state index contributed by atoms with van der Waals surface area (Å²) in [5, 5.41) is 10.9. The van der Waals surface area contributed by atoms with Crippen molar-refractivity contribution in [3.05, 3.63) is 6.33 Å². The van der Waals surface area contributed by atoms with Crippen LogP contribution >= 0.6 is 0 Å². The molecule has 1 saturated heterocycles. The second-order valence-electron chi connectivity index (χ2n) is 4.49. The molecular weight excluding hydrogens is 240 g/mol. The molecule has 0 radical (unpaired) electrons. The molecule has 8 heteroatoms. The van der Waals surface area contributed by atoms with Crippen LogP contribution in [0.4, 0.5) is 0 Å². The van der Waals surface area contributed by atoms with Crippen LogP contribution in [-0.4, -0.2) is 52.3 Å². The molecule has 0 spiro atoms. The summed E-state index contributed by atoms with van der Waals surface area (Å²) in [4.78, 5) is 12.0. The SMILES string of the molecule is O=C(OCC1CCOCO1)C1(n2cnnn2)CC1. The van der Waals surface area contributed by atoms with Gasteiger partial charge in [0.15, 0.2) is 5.54 Å². The Morgan fingerprint density at radius 1 is 1.56 bits per heavy atom. The smallest absolute Gasteiger partial charge is 0.334 e. The summed E-state index contributed by atoms with van der Waals surface area (Å²) in [5.41, 5.74) is -0.686. The first-order valence-electron chi connectivity index (χ1n) is 5.91. The number of nitrogens with zero attached hydrogens (tertiary/aromatic N) is 4. The number of hydrogen-bond donors (Lipinski definition) is 0. The van der Waals surface area contributed by atoms with Crippen molar-refractivity contribution < 1.29 is 19.0 Å². The van der Waals surface area contributed by atoms with Crippen LogP contribution in [0, 0.1) is 0 Å². The minimum Gasteiger partial charge on any atom is -0.461 e. The number of hydrogen-bond acceptors (Lipinski definition) is 7. The minimum atomic E-state index is -0.686. The lowest BCUT2D eigenvalue weighted by atomic mass is 10.2. The molecule has 1 aliphatic heterocycles. The van der Waals surface area contributed by atoms with Gasteiger partial charge in [-0.15, -0.1) is 5.10 Å². The van der Waals surface area contributed by atoms with Crippen LogP contribution < -0.4 is 0 Å². The molecule has 8 nitrogen and oxygen atoms in total. The molecule has 18 heavy (non-hydrogen) atoms. The van der Waals surface area contributed by atoms with Crippen LogP contribution in [0.5, 0.6) is 0 Å². The van der Waals surface area contributed by atoms with Crippen LogP contribution in [0.25, 0.3) is 0 Å². The fraction of sp³-hybridized carbons (Fsp3) is 0.800. The molecule has 1 unspecified atom stereocenters. The lowest BCUT2D eigenvalue weighted by molar-refractivity contribution is -0.172. The molecule has 0 aromatic carbocycles.